The van der Waals surface area contributed by atoms with E-state index in [1.807, 2.05) is 59.5 Å². The van der Waals surface area contributed by atoms with Gasteiger partial charge in [-0.15, -0.1) is 12.4 Å². The van der Waals surface area contributed by atoms with Crippen molar-refractivity contribution in [1.82, 2.24) is 4.90 Å². The lowest BCUT2D eigenvalue weighted by Crippen LogP contribution is -2.35. The number of nitrogens with zero attached hydrogens (tertiary/aromatic N) is 1. The largest absolute Gasteiger partial charge is 0.493 e. The lowest BCUT2D eigenvalue weighted by Gasteiger charge is -2.26. The highest BCUT2D eigenvalue weighted by Gasteiger charge is 2.24. The van der Waals surface area contributed by atoms with E-state index >= 15 is 0 Å². The van der Waals surface area contributed by atoms with Gasteiger partial charge in [0, 0.05) is 18.7 Å². The molecular formula is C21H25ClN2O3. The topological polar surface area (TPSA) is 64.8 Å². The van der Waals surface area contributed by atoms with Gasteiger partial charge in [-0.05, 0) is 30.7 Å². The molecule has 1 amide bonds. The van der Waals surface area contributed by atoms with E-state index in [2.05, 4.69) is 0 Å². The minimum atomic E-state index is -0.0178. The predicted octanol–water partition coefficient (Wildman–Crippen LogP) is 3.27. The van der Waals surface area contributed by atoms with Crippen molar-refractivity contribution < 1.29 is 14.3 Å². The molecule has 5 nitrogen and oxygen atoms in total. The number of rotatable bonds is 7. The normalized spacial score (nSPS) is 12.1. The number of hydrogen-bond donors (Lipinski definition) is 1. The van der Waals surface area contributed by atoms with Gasteiger partial charge in [-0.25, -0.2) is 0 Å². The number of ether oxygens (including phenoxy) is 2. The maximum atomic E-state index is 13.1. The average molecular weight is 389 g/mol. The van der Waals surface area contributed by atoms with Crippen molar-refractivity contribution in [3.05, 3.63) is 65.2 Å². The van der Waals surface area contributed by atoms with Gasteiger partial charge in [0.1, 0.15) is 6.61 Å². The summed E-state index contributed by atoms with van der Waals surface area (Å²) in [4.78, 5) is 14.9. The van der Waals surface area contributed by atoms with Crippen LogP contribution < -0.4 is 15.2 Å². The van der Waals surface area contributed by atoms with E-state index in [0.29, 0.717) is 36.7 Å². The van der Waals surface area contributed by atoms with Gasteiger partial charge in [-0.1, -0.05) is 42.5 Å². The van der Waals surface area contributed by atoms with Crippen LogP contribution in [0.5, 0.6) is 11.5 Å². The van der Waals surface area contributed by atoms with Crippen LogP contribution in [0.25, 0.3) is 6.08 Å². The van der Waals surface area contributed by atoms with Crippen molar-refractivity contribution in [3.63, 3.8) is 0 Å². The van der Waals surface area contributed by atoms with Gasteiger partial charge in [0.15, 0.2) is 11.5 Å². The fraction of sp³-hybridized carbons (Fsp3) is 0.286. The summed E-state index contributed by atoms with van der Waals surface area (Å²) in [7, 11) is 1.61. The SMILES string of the molecule is COc1cccc2c1OCC(C(=O)N(CCCN)Cc1ccccc1)=C2.Cl. The summed E-state index contributed by atoms with van der Waals surface area (Å²) in [6, 6.07) is 15.6. The summed E-state index contributed by atoms with van der Waals surface area (Å²) < 4.78 is 11.1. The summed E-state index contributed by atoms with van der Waals surface area (Å²) >= 11 is 0. The van der Waals surface area contributed by atoms with Gasteiger partial charge in [0.2, 0.25) is 0 Å². The molecule has 0 atom stereocenters. The molecule has 1 aliphatic rings. The number of methoxy groups -OCH3 is 1. The highest BCUT2D eigenvalue weighted by Crippen LogP contribution is 2.35. The molecule has 3 rings (SSSR count). The number of nitrogens with two attached hydrogens (primary N) is 1. The van der Waals surface area contributed by atoms with Gasteiger partial charge in [0.05, 0.1) is 12.7 Å². The van der Waals surface area contributed by atoms with E-state index in [1.54, 1.807) is 7.11 Å². The lowest BCUT2D eigenvalue weighted by atomic mass is 10.1. The first kappa shape index (κ1) is 20.8. The van der Waals surface area contributed by atoms with Crippen molar-refractivity contribution in [1.29, 1.82) is 0 Å². The number of fused-ring (bicyclic) bond motifs is 1. The molecule has 0 bridgehead atoms. The third-order valence-corrected chi connectivity index (χ3v) is 4.34. The first-order valence-corrected chi connectivity index (χ1v) is 8.76. The summed E-state index contributed by atoms with van der Waals surface area (Å²) in [6.45, 7) is 1.96. The van der Waals surface area contributed by atoms with Gasteiger partial charge in [0.25, 0.3) is 5.91 Å². The molecule has 2 aromatic carbocycles. The van der Waals surface area contributed by atoms with Crippen LogP contribution >= 0.6 is 12.4 Å². The Kier molecular flexibility index (Phi) is 7.70. The second-order valence-corrected chi connectivity index (χ2v) is 6.19. The maximum Gasteiger partial charge on any atom is 0.253 e. The molecule has 0 aromatic heterocycles. The van der Waals surface area contributed by atoms with E-state index < -0.39 is 0 Å². The number of carbonyl (C=O) groups excluding carboxylic acids is 1. The monoisotopic (exact) mass is 388 g/mol. The third kappa shape index (κ3) is 5.02. The number of carbonyl (C=O) groups is 1. The molecule has 0 saturated heterocycles. The molecule has 27 heavy (non-hydrogen) atoms. The minimum Gasteiger partial charge on any atom is -0.493 e. The molecule has 0 radical (unpaired) electrons. The molecule has 0 spiro atoms. The molecule has 0 unspecified atom stereocenters. The first-order chi connectivity index (χ1) is 12.7. The van der Waals surface area contributed by atoms with Crippen LogP contribution in [0.3, 0.4) is 0 Å². The molecule has 144 valence electrons. The third-order valence-electron chi connectivity index (χ3n) is 4.34. The summed E-state index contributed by atoms with van der Waals surface area (Å²) in [5.74, 6) is 1.34. The van der Waals surface area contributed by atoms with Crippen LogP contribution in [0.2, 0.25) is 0 Å². The quantitative estimate of drug-likeness (QED) is 0.790. The predicted molar refractivity (Wildman–Crippen MR) is 109 cm³/mol. The van der Waals surface area contributed by atoms with Crippen molar-refractivity contribution in [3.8, 4) is 11.5 Å². The Hall–Kier alpha value is -2.50. The Morgan fingerprint density at radius 1 is 1.19 bits per heavy atom. The fourth-order valence-corrected chi connectivity index (χ4v) is 3.01. The Labute approximate surface area is 166 Å². The highest BCUT2D eigenvalue weighted by atomic mass is 35.5. The summed E-state index contributed by atoms with van der Waals surface area (Å²) in [5, 5.41) is 0. The van der Waals surface area contributed by atoms with Gasteiger partial charge in [-0.3, -0.25) is 4.79 Å². The van der Waals surface area contributed by atoms with Crippen molar-refractivity contribution in [2.24, 2.45) is 5.73 Å². The van der Waals surface area contributed by atoms with E-state index in [9.17, 15) is 4.79 Å². The highest BCUT2D eigenvalue weighted by molar-refractivity contribution is 5.99. The molecule has 0 saturated carbocycles. The van der Waals surface area contributed by atoms with Crippen LogP contribution in [0.15, 0.2) is 54.1 Å². The number of hydrogen-bond acceptors (Lipinski definition) is 4. The Balaban J connectivity index is 0.00000261. The molecule has 0 aliphatic carbocycles. The number of para-hydroxylation sites is 1. The van der Waals surface area contributed by atoms with Crippen molar-refractivity contribution >= 4 is 24.4 Å². The zero-order valence-electron chi connectivity index (χ0n) is 15.4. The summed E-state index contributed by atoms with van der Waals surface area (Å²) in [6.07, 6.45) is 2.65. The molecule has 2 N–H and O–H groups in total. The molecule has 6 heteroatoms. The van der Waals surface area contributed by atoms with Crippen molar-refractivity contribution in [2.75, 3.05) is 26.8 Å². The Morgan fingerprint density at radius 2 is 1.96 bits per heavy atom. The van der Waals surface area contributed by atoms with Gasteiger partial charge < -0.3 is 20.1 Å². The van der Waals surface area contributed by atoms with Crippen LogP contribution in [0, 0.1) is 0 Å². The van der Waals surface area contributed by atoms with Crippen LogP contribution in [-0.4, -0.2) is 37.6 Å². The van der Waals surface area contributed by atoms with E-state index in [-0.39, 0.29) is 24.9 Å². The maximum absolute atomic E-state index is 13.1. The lowest BCUT2D eigenvalue weighted by molar-refractivity contribution is -0.128. The molecule has 0 fully saturated rings. The first-order valence-electron chi connectivity index (χ1n) is 8.76. The van der Waals surface area contributed by atoms with Crippen LogP contribution in [-0.2, 0) is 11.3 Å². The zero-order valence-corrected chi connectivity index (χ0v) is 16.2. The Morgan fingerprint density at radius 3 is 2.67 bits per heavy atom. The number of halogens is 1. The second-order valence-electron chi connectivity index (χ2n) is 6.19. The fourth-order valence-electron chi connectivity index (χ4n) is 3.01. The number of amides is 1. The zero-order chi connectivity index (χ0) is 18.4. The second kappa shape index (κ2) is 10.00. The number of benzene rings is 2. The minimum absolute atomic E-state index is 0. The van der Waals surface area contributed by atoms with Crippen LogP contribution in [0.4, 0.5) is 0 Å². The van der Waals surface area contributed by atoms with Gasteiger partial charge in [-0.2, -0.15) is 0 Å². The van der Waals surface area contributed by atoms with E-state index in [0.717, 1.165) is 17.5 Å². The van der Waals surface area contributed by atoms with E-state index in [4.69, 9.17) is 15.2 Å². The standard InChI is InChI=1S/C21H24N2O3.ClH/c1-25-19-10-5-9-17-13-18(15-26-20(17)19)21(24)23(12-6-11-22)14-16-7-3-2-4-8-16;/h2-5,7-10,13H,6,11-12,14-15,22H2,1H3;1H. The average Bonchev–Trinajstić information content (AvgIpc) is 2.70. The van der Waals surface area contributed by atoms with Crippen molar-refractivity contribution in [2.45, 2.75) is 13.0 Å². The molecule has 1 heterocycles. The van der Waals surface area contributed by atoms with Crippen LogP contribution in [0.1, 0.15) is 17.5 Å². The smallest absolute Gasteiger partial charge is 0.253 e. The van der Waals surface area contributed by atoms with E-state index in [1.165, 1.54) is 0 Å². The molecule has 1 aliphatic heterocycles. The summed E-state index contributed by atoms with van der Waals surface area (Å²) in [5.41, 5.74) is 8.24. The Bertz CT molecular complexity index is 793. The molecular weight excluding hydrogens is 364 g/mol. The van der Waals surface area contributed by atoms with Gasteiger partial charge >= 0.3 is 0 Å². The molecule has 2 aromatic rings.